The van der Waals surface area contributed by atoms with Gasteiger partial charge in [0.15, 0.2) is 5.82 Å². The van der Waals surface area contributed by atoms with Crippen molar-refractivity contribution in [2.75, 3.05) is 36.5 Å². The van der Waals surface area contributed by atoms with Crippen molar-refractivity contribution < 1.29 is 13.2 Å². The smallest absolute Gasteiger partial charge is 0.349 e. The highest BCUT2D eigenvalue weighted by molar-refractivity contribution is 7.90. The zero-order valence-electron chi connectivity index (χ0n) is 24.2. The first-order valence-electron chi connectivity index (χ1n) is 13.8. The van der Waals surface area contributed by atoms with Gasteiger partial charge in [-0.05, 0) is 37.5 Å². The van der Waals surface area contributed by atoms with E-state index in [0.29, 0.717) is 42.8 Å². The average Bonchev–Trinajstić information content (AvgIpc) is 2.94. The Balaban J connectivity index is 1.75. The van der Waals surface area contributed by atoms with Crippen LogP contribution in [0.15, 0.2) is 41.2 Å². The Bertz CT molecular complexity index is 1630. The maximum absolute atomic E-state index is 13.7. The fraction of sp³-hybridized carbons (Fsp3) is 0.483. The summed E-state index contributed by atoms with van der Waals surface area (Å²) in [6.45, 7) is 7.11. The fourth-order valence-electron chi connectivity index (χ4n) is 5.43. The summed E-state index contributed by atoms with van der Waals surface area (Å²) in [5.74, 6) is 0.0489. The Morgan fingerprint density at radius 1 is 1.10 bits per heavy atom. The molecule has 0 aliphatic carbocycles. The van der Waals surface area contributed by atoms with Gasteiger partial charge in [-0.15, -0.1) is 0 Å². The number of nitrogens with one attached hydrogen (secondary N) is 1. The van der Waals surface area contributed by atoms with Crippen molar-refractivity contribution in [1.29, 1.82) is 5.26 Å². The minimum absolute atomic E-state index is 0.0319. The number of aryl methyl sites for hydroxylation is 2. The van der Waals surface area contributed by atoms with E-state index >= 15 is 0 Å². The van der Waals surface area contributed by atoms with E-state index in [0.717, 1.165) is 17.4 Å². The third kappa shape index (κ3) is 6.57. The van der Waals surface area contributed by atoms with Crippen LogP contribution in [-0.4, -0.2) is 77.5 Å². The summed E-state index contributed by atoms with van der Waals surface area (Å²) in [4.78, 5) is 39.8. The van der Waals surface area contributed by atoms with Gasteiger partial charge >= 0.3 is 5.69 Å². The normalized spacial score (nSPS) is 18.7. The molecule has 1 fully saturated rings. The number of rotatable bonds is 9. The number of nitrogens with zero attached hydrogens (tertiary/aromatic N) is 6. The van der Waals surface area contributed by atoms with Crippen LogP contribution in [0, 0.1) is 18.3 Å². The van der Waals surface area contributed by atoms with Gasteiger partial charge in [0, 0.05) is 45.0 Å². The minimum atomic E-state index is -3.23. The molecule has 11 nitrogen and oxygen atoms in total. The van der Waals surface area contributed by atoms with Gasteiger partial charge in [0.05, 0.1) is 11.3 Å². The first-order chi connectivity index (χ1) is 19.5. The molecule has 12 heteroatoms. The number of hydrogen-bond donors (Lipinski definition) is 1. The minimum Gasteiger partial charge on any atom is -0.353 e. The van der Waals surface area contributed by atoms with Crippen LogP contribution in [0.1, 0.15) is 49.6 Å². The van der Waals surface area contributed by atoms with Crippen LogP contribution >= 0.6 is 0 Å². The van der Waals surface area contributed by atoms with E-state index in [9.17, 15) is 23.3 Å². The third-order valence-electron chi connectivity index (χ3n) is 7.75. The van der Waals surface area contributed by atoms with Gasteiger partial charge in [0.1, 0.15) is 33.2 Å². The van der Waals surface area contributed by atoms with E-state index in [1.807, 2.05) is 38.1 Å². The first-order valence-corrected chi connectivity index (χ1v) is 15.9. The second-order valence-electron chi connectivity index (χ2n) is 10.7. The van der Waals surface area contributed by atoms with Crippen LogP contribution in [0.5, 0.6) is 0 Å². The van der Waals surface area contributed by atoms with Crippen LogP contribution in [0.3, 0.4) is 0 Å². The zero-order chi connectivity index (χ0) is 29.9. The highest BCUT2D eigenvalue weighted by atomic mass is 32.2. The van der Waals surface area contributed by atoms with E-state index in [-0.39, 0.29) is 36.0 Å². The van der Waals surface area contributed by atoms with E-state index < -0.39 is 21.6 Å². The molecule has 3 heterocycles. The molecule has 1 aliphatic heterocycles. The molecule has 4 rings (SSSR count). The highest BCUT2D eigenvalue weighted by Crippen LogP contribution is 2.34. The van der Waals surface area contributed by atoms with Crippen LogP contribution in [0.2, 0.25) is 0 Å². The lowest BCUT2D eigenvalue weighted by molar-refractivity contribution is -0.128. The van der Waals surface area contributed by atoms with Crippen molar-refractivity contribution in [3.63, 3.8) is 0 Å². The molecule has 0 spiro atoms. The number of nitriles is 1. The maximum atomic E-state index is 13.7. The summed E-state index contributed by atoms with van der Waals surface area (Å²) in [7, 11) is -1.60. The largest absolute Gasteiger partial charge is 0.353 e. The van der Waals surface area contributed by atoms with Crippen molar-refractivity contribution in [2.45, 2.75) is 51.7 Å². The molecule has 41 heavy (non-hydrogen) atoms. The number of piperazine rings is 1. The molecule has 1 aromatic carbocycles. The molecule has 1 amide bonds. The maximum Gasteiger partial charge on any atom is 0.349 e. The van der Waals surface area contributed by atoms with Crippen molar-refractivity contribution in [2.24, 2.45) is 7.05 Å². The Morgan fingerprint density at radius 2 is 1.78 bits per heavy atom. The van der Waals surface area contributed by atoms with Crippen molar-refractivity contribution in [3.8, 4) is 6.07 Å². The van der Waals surface area contributed by atoms with Crippen molar-refractivity contribution >= 4 is 32.6 Å². The lowest BCUT2D eigenvalue weighted by atomic mass is 9.95. The molecule has 0 saturated carbocycles. The van der Waals surface area contributed by atoms with Gasteiger partial charge in [-0.25, -0.2) is 18.2 Å². The summed E-state index contributed by atoms with van der Waals surface area (Å²) in [6.07, 6.45) is 2.57. The number of benzene rings is 1. The van der Waals surface area contributed by atoms with Gasteiger partial charge in [-0.3, -0.25) is 14.3 Å². The fourth-order valence-corrected chi connectivity index (χ4v) is 5.90. The quantitative estimate of drug-likeness (QED) is 0.403. The molecule has 3 atom stereocenters. The average molecular weight is 580 g/mol. The molecule has 3 aromatic rings. The van der Waals surface area contributed by atoms with E-state index in [4.69, 9.17) is 0 Å². The van der Waals surface area contributed by atoms with Crippen molar-refractivity contribution in [3.05, 3.63) is 63.7 Å². The summed E-state index contributed by atoms with van der Waals surface area (Å²) in [5.41, 5.74) is 2.80. The molecular formula is C29H37N7O4S. The lowest BCUT2D eigenvalue weighted by Crippen LogP contribution is -2.61. The number of aromatic nitrogens is 3. The molecule has 218 valence electrons. The molecule has 0 radical (unpaired) electrons. The summed E-state index contributed by atoms with van der Waals surface area (Å²) in [6, 6.07) is 12.4. The molecule has 0 bridgehead atoms. The van der Waals surface area contributed by atoms with Gasteiger partial charge < -0.3 is 10.2 Å². The third-order valence-corrected chi connectivity index (χ3v) is 8.69. The van der Waals surface area contributed by atoms with Gasteiger partial charge in [0.25, 0.3) is 0 Å². The Labute approximate surface area is 240 Å². The molecule has 1 aliphatic rings. The number of hydrogen-bond acceptors (Lipinski definition) is 9. The van der Waals surface area contributed by atoms with Crippen LogP contribution in [0.4, 0.5) is 5.82 Å². The summed E-state index contributed by atoms with van der Waals surface area (Å²) < 4.78 is 24.8. The van der Waals surface area contributed by atoms with Gasteiger partial charge in [-0.1, -0.05) is 43.7 Å². The van der Waals surface area contributed by atoms with E-state index in [1.54, 1.807) is 19.2 Å². The number of carbonyl (C=O) groups excluding carboxylic acids is 1. The summed E-state index contributed by atoms with van der Waals surface area (Å²) in [5, 5.41) is 12.3. The topological polar surface area (TPSA) is 141 Å². The van der Waals surface area contributed by atoms with Crippen LogP contribution < -0.4 is 15.9 Å². The predicted octanol–water partition coefficient (Wildman–Crippen LogP) is 2.09. The van der Waals surface area contributed by atoms with Gasteiger partial charge in [-0.2, -0.15) is 10.2 Å². The number of anilines is 1. The molecule has 2 aromatic heterocycles. The monoisotopic (exact) mass is 579 g/mol. The number of amides is 1. The zero-order valence-corrected chi connectivity index (χ0v) is 25.0. The lowest BCUT2D eigenvalue weighted by Gasteiger charge is -2.49. The first kappa shape index (κ1) is 30.1. The summed E-state index contributed by atoms with van der Waals surface area (Å²) >= 11 is 0. The Kier molecular flexibility index (Phi) is 9.09. The number of sulfone groups is 1. The number of pyridine rings is 1. The van der Waals surface area contributed by atoms with Crippen LogP contribution in [0.25, 0.3) is 11.0 Å². The number of carbonyl (C=O) groups is 1. The highest BCUT2D eigenvalue weighted by Gasteiger charge is 2.40. The van der Waals surface area contributed by atoms with Gasteiger partial charge in [0.2, 0.25) is 5.91 Å². The van der Waals surface area contributed by atoms with Crippen LogP contribution in [-0.2, 0) is 21.7 Å². The van der Waals surface area contributed by atoms with E-state index in [1.165, 1.54) is 4.57 Å². The molecule has 1 saturated heterocycles. The second kappa shape index (κ2) is 12.4. The second-order valence-corrected chi connectivity index (χ2v) is 12.9. The number of fused-ring (bicyclic) bond motifs is 1. The molecular weight excluding hydrogens is 542 g/mol. The van der Waals surface area contributed by atoms with E-state index in [2.05, 4.69) is 38.1 Å². The SMILES string of the molecule is CC[C@H]1CN(C(C(=O)NCCS(C)(=O)=O)c2ccc(C)cc2)[C@H](CC)CN1c1nc(=O)n(C)c2ccc(C#N)nc12. The molecule has 1 unspecified atom stereocenters. The Morgan fingerprint density at radius 3 is 2.39 bits per heavy atom. The molecule has 1 N–H and O–H groups in total. The standard InChI is InChI=1S/C29H37N7O4S/c1-6-22-18-36(27-25-24(34(4)29(38)33-27)13-12-21(16-30)32-25)23(7-2)17-35(22)26(20-10-8-19(3)9-11-20)28(37)31-14-15-41(5,39)40/h8-13,22-23,26H,6-7,14-15,17-18H2,1-5H3,(H,31,37)/t22-,23+,26?/m1/s1. The van der Waals surface area contributed by atoms with Crippen molar-refractivity contribution in [1.82, 2.24) is 24.8 Å². The predicted molar refractivity (Wildman–Crippen MR) is 158 cm³/mol. The Hall–Kier alpha value is -3.82.